The minimum Gasteiger partial charge on any atom is -0.313 e. The third-order valence-corrected chi connectivity index (χ3v) is 3.85. The van der Waals surface area contributed by atoms with Gasteiger partial charge in [-0.15, -0.1) is 0 Å². The molecule has 1 N–H and O–H groups in total. The normalized spacial score (nSPS) is 14.8. The average Bonchev–Trinajstić information content (AvgIpc) is 2.18. The van der Waals surface area contributed by atoms with E-state index in [0.29, 0.717) is 6.42 Å². The second-order valence-electron chi connectivity index (χ2n) is 5.58. The predicted octanol–water partition coefficient (Wildman–Crippen LogP) is 4.62. The standard InChI is InChI=1S/C13H26F3NS/c1-5-9-17-11(10-18-12(2,3)4)7-6-8-13(14,15)16/h11,17H,5-10H2,1-4H3. The molecule has 0 spiro atoms. The summed E-state index contributed by atoms with van der Waals surface area (Å²) in [6.07, 6.45) is -2.86. The lowest BCUT2D eigenvalue weighted by molar-refractivity contribution is -0.135. The molecule has 0 aromatic heterocycles. The molecule has 0 rings (SSSR count). The number of hydrogen-bond acceptors (Lipinski definition) is 2. The van der Waals surface area contributed by atoms with E-state index in [4.69, 9.17) is 0 Å². The van der Waals surface area contributed by atoms with E-state index in [-0.39, 0.29) is 17.2 Å². The van der Waals surface area contributed by atoms with Crippen LogP contribution in [0.2, 0.25) is 0 Å². The summed E-state index contributed by atoms with van der Waals surface area (Å²) in [4.78, 5) is 0. The molecule has 0 saturated carbocycles. The quantitative estimate of drug-likeness (QED) is 0.698. The van der Waals surface area contributed by atoms with Crippen LogP contribution in [0.4, 0.5) is 13.2 Å². The Morgan fingerprint density at radius 1 is 1.17 bits per heavy atom. The minimum atomic E-state index is -4.02. The largest absolute Gasteiger partial charge is 0.389 e. The van der Waals surface area contributed by atoms with E-state index in [2.05, 4.69) is 33.0 Å². The molecule has 1 unspecified atom stereocenters. The molecule has 0 bridgehead atoms. The zero-order valence-corrected chi connectivity index (χ0v) is 12.7. The predicted molar refractivity (Wildman–Crippen MR) is 74.2 cm³/mol. The third kappa shape index (κ3) is 12.6. The van der Waals surface area contributed by atoms with Crippen molar-refractivity contribution in [2.75, 3.05) is 12.3 Å². The average molecular weight is 285 g/mol. The summed E-state index contributed by atoms with van der Waals surface area (Å²) < 4.78 is 36.5. The highest BCUT2D eigenvalue weighted by Crippen LogP contribution is 2.26. The Bertz CT molecular complexity index is 211. The molecule has 110 valence electrons. The van der Waals surface area contributed by atoms with Crippen molar-refractivity contribution < 1.29 is 13.2 Å². The zero-order valence-electron chi connectivity index (χ0n) is 11.9. The Morgan fingerprint density at radius 3 is 2.22 bits per heavy atom. The van der Waals surface area contributed by atoms with Gasteiger partial charge in [-0.1, -0.05) is 27.7 Å². The van der Waals surface area contributed by atoms with Gasteiger partial charge in [0, 0.05) is 23.0 Å². The van der Waals surface area contributed by atoms with Gasteiger partial charge >= 0.3 is 6.18 Å². The maximum Gasteiger partial charge on any atom is 0.389 e. The first-order chi connectivity index (χ1) is 8.14. The van der Waals surface area contributed by atoms with Gasteiger partial charge in [0.2, 0.25) is 0 Å². The molecule has 0 aliphatic heterocycles. The van der Waals surface area contributed by atoms with E-state index in [0.717, 1.165) is 18.7 Å². The van der Waals surface area contributed by atoms with Gasteiger partial charge in [-0.25, -0.2) is 0 Å². The van der Waals surface area contributed by atoms with Crippen LogP contribution in [0, 0.1) is 0 Å². The molecule has 18 heavy (non-hydrogen) atoms. The van der Waals surface area contributed by atoms with E-state index in [1.165, 1.54) is 0 Å². The van der Waals surface area contributed by atoms with Crippen molar-refractivity contribution in [2.45, 2.75) is 70.3 Å². The van der Waals surface area contributed by atoms with Crippen LogP contribution in [0.5, 0.6) is 0 Å². The third-order valence-electron chi connectivity index (χ3n) is 2.41. The van der Waals surface area contributed by atoms with Crippen molar-refractivity contribution in [3.8, 4) is 0 Å². The molecule has 0 heterocycles. The van der Waals surface area contributed by atoms with Gasteiger partial charge in [0.25, 0.3) is 0 Å². The fourth-order valence-electron chi connectivity index (χ4n) is 1.49. The number of hydrogen-bond donors (Lipinski definition) is 1. The van der Waals surface area contributed by atoms with Crippen molar-refractivity contribution in [3.05, 3.63) is 0 Å². The van der Waals surface area contributed by atoms with Crippen LogP contribution in [0.3, 0.4) is 0 Å². The summed E-state index contributed by atoms with van der Waals surface area (Å²) in [5.41, 5.74) is 0. The van der Waals surface area contributed by atoms with Crippen molar-refractivity contribution in [1.82, 2.24) is 5.32 Å². The van der Waals surface area contributed by atoms with Crippen LogP contribution in [0.1, 0.15) is 53.4 Å². The lowest BCUT2D eigenvalue weighted by Gasteiger charge is -2.24. The van der Waals surface area contributed by atoms with Crippen LogP contribution in [0.15, 0.2) is 0 Å². The summed E-state index contributed by atoms with van der Waals surface area (Å²) in [6.45, 7) is 9.33. The zero-order chi connectivity index (χ0) is 14.2. The fourth-order valence-corrected chi connectivity index (χ4v) is 2.48. The molecule has 0 saturated heterocycles. The lowest BCUT2D eigenvalue weighted by Crippen LogP contribution is -2.33. The maximum atomic E-state index is 12.1. The Kier molecular flexibility index (Phi) is 8.35. The van der Waals surface area contributed by atoms with E-state index in [1.54, 1.807) is 11.8 Å². The Morgan fingerprint density at radius 2 is 1.78 bits per heavy atom. The number of halogens is 3. The molecule has 0 fully saturated rings. The molecule has 5 heteroatoms. The number of nitrogens with one attached hydrogen (secondary N) is 1. The Hall–Kier alpha value is 0.100. The highest BCUT2D eigenvalue weighted by Gasteiger charge is 2.26. The molecule has 0 amide bonds. The summed E-state index contributed by atoms with van der Waals surface area (Å²) in [6, 6.07) is 0.191. The second-order valence-corrected chi connectivity index (χ2v) is 7.43. The maximum absolute atomic E-state index is 12.1. The smallest absolute Gasteiger partial charge is 0.313 e. The second kappa shape index (κ2) is 8.31. The molecule has 1 nitrogen and oxygen atoms in total. The van der Waals surface area contributed by atoms with Crippen LogP contribution in [-0.4, -0.2) is 29.3 Å². The van der Waals surface area contributed by atoms with Gasteiger partial charge < -0.3 is 5.32 Å². The first-order valence-corrected chi connectivity index (χ1v) is 7.56. The van der Waals surface area contributed by atoms with E-state index in [9.17, 15) is 13.2 Å². The summed E-state index contributed by atoms with van der Waals surface area (Å²) in [5.74, 6) is 0.876. The van der Waals surface area contributed by atoms with E-state index < -0.39 is 12.6 Å². The van der Waals surface area contributed by atoms with Gasteiger partial charge in [-0.3, -0.25) is 0 Å². The topological polar surface area (TPSA) is 12.0 Å². The molecule has 0 aromatic rings. The van der Waals surface area contributed by atoms with Gasteiger partial charge in [0.15, 0.2) is 0 Å². The van der Waals surface area contributed by atoms with Crippen molar-refractivity contribution in [3.63, 3.8) is 0 Å². The number of alkyl halides is 3. The van der Waals surface area contributed by atoms with E-state index >= 15 is 0 Å². The Balaban J connectivity index is 3.99. The first-order valence-electron chi connectivity index (χ1n) is 6.58. The highest BCUT2D eigenvalue weighted by atomic mass is 32.2. The number of thioether (sulfide) groups is 1. The van der Waals surface area contributed by atoms with E-state index in [1.807, 2.05) is 0 Å². The molecular formula is C13H26F3NS. The van der Waals surface area contributed by atoms with Gasteiger partial charge in [0.05, 0.1) is 0 Å². The van der Waals surface area contributed by atoms with Crippen LogP contribution in [-0.2, 0) is 0 Å². The highest BCUT2D eigenvalue weighted by molar-refractivity contribution is 8.00. The molecular weight excluding hydrogens is 259 g/mol. The van der Waals surface area contributed by atoms with Gasteiger partial charge in [0.1, 0.15) is 0 Å². The Labute approximate surface area is 113 Å². The molecule has 0 aliphatic rings. The fraction of sp³-hybridized carbons (Fsp3) is 1.00. The van der Waals surface area contributed by atoms with Crippen molar-refractivity contribution in [2.24, 2.45) is 0 Å². The molecule has 0 aliphatic carbocycles. The molecule has 1 atom stereocenters. The molecule has 0 radical (unpaired) electrons. The lowest BCUT2D eigenvalue weighted by atomic mass is 10.1. The minimum absolute atomic E-state index is 0.163. The first kappa shape index (κ1) is 18.1. The van der Waals surface area contributed by atoms with Crippen LogP contribution in [0.25, 0.3) is 0 Å². The number of rotatable bonds is 8. The summed E-state index contributed by atoms with van der Waals surface area (Å²) >= 11 is 1.81. The summed E-state index contributed by atoms with van der Waals surface area (Å²) in [7, 11) is 0. The summed E-state index contributed by atoms with van der Waals surface area (Å²) in [5, 5.41) is 3.34. The monoisotopic (exact) mass is 285 g/mol. The van der Waals surface area contributed by atoms with Crippen molar-refractivity contribution >= 4 is 11.8 Å². The van der Waals surface area contributed by atoms with Crippen LogP contribution >= 0.6 is 11.8 Å². The van der Waals surface area contributed by atoms with Crippen molar-refractivity contribution in [1.29, 1.82) is 0 Å². The van der Waals surface area contributed by atoms with Gasteiger partial charge in [-0.05, 0) is 25.8 Å². The van der Waals surface area contributed by atoms with Crippen LogP contribution < -0.4 is 5.32 Å². The SMILES string of the molecule is CCCNC(CCCC(F)(F)F)CSC(C)(C)C. The van der Waals surface area contributed by atoms with Gasteiger partial charge in [-0.2, -0.15) is 24.9 Å². The molecule has 0 aromatic carbocycles.